The Kier molecular flexibility index (Phi) is 4.31. The van der Waals surface area contributed by atoms with Crippen molar-refractivity contribution in [1.29, 1.82) is 0 Å². The Morgan fingerprint density at radius 1 is 1.00 bits per heavy atom. The molecule has 1 heterocycles. The Labute approximate surface area is 149 Å². The molecule has 0 atom stereocenters. The van der Waals surface area contributed by atoms with Gasteiger partial charge in [-0.15, -0.1) is 0 Å². The fourth-order valence-corrected chi connectivity index (χ4v) is 3.64. The lowest BCUT2D eigenvalue weighted by molar-refractivity contribution is 0.686. The molecular formula is C22H25N3. The molecule has 3 heteroatoms. The molecule has 0 radical (unpaired) electrons. The summed E-state index contributed by atoms with van der Waals surface area (Å²) in [6.45, 7) is 5.00. The van der Waals surface area contributed by atoms with Gasteiger partial charge in [0.05, 0.1) is 11.4 Å². The van der Waals surface area contributed by atoms with E-state index < -0.39 is 0 Å². The molecule has 0 saturated carbocycles. The van der Waals surface area contributed by atoms with Gasteiger partial charge in [-0.25, -0.2) is 4.68 Å². The lowest BCUT2D eigenvalue weighted by atomic mass is 9.90. The van der Waals surface area contributed by atoms with E-state index >= 15 is 0 Å². The molecule has 3 nitrogen and oxygen atoms in total. The van der Waals surface area contributed by atoms with Crippen molar-refractivity contribution in [3.05, 3.63) is 76.6 Å². The van der Waals surface area contributed by atoms with Crippen LogP contribution in [0, 0.1) is 13.8 Å². The van der Waals surface area contributed by atoms with Crippen LogP contribution in [-0.4, -0.2) is 9.78 Å². The summed E-state index contributed by atoms with van der Waals surface area (Å²) in [6.07, 6.45) is 7.17. The van der Waals surface area contributed by atoms with Crippen LogP contribution < -0.4 is 5.32 Å². The lowest BCUT2D eigenvalue weighted by Crippen LogP contribution is -2.08. The summed E-state index contributed by atoms with van der Waals surface area (Å²) in [4.78, 5) is 0. The molecule has 1 N–H and O–H groups in total. The Hall–Kier alpha value is -2.55. The van der Waals surface area contributed by atoms with Crippen molar-refractivity contribution in [3.8, 4) is 5.69 Å². The minimum absolute atomic E-state index is 0.814. The largest absolute Gasteiger partial charge is 0.381 e. The van der Waals surface area contributed by atoms with Gasteiger partial charge in [0.1, 0.15) is 0 Å². The van der Waals surface area contributed by atoms with Gasteiger partial charge in [-0.1, -0.05) is 29.8 Å². The van der Waals surface area contributed by atoms with Crippen LogP contribution in [0.4, 0.5) is 5.69 Å². The van der Waals surface area contributed by atoms with Crippen LogP contribution in [0.3, 0.4) is 0 Å². The fraction of sp³-hybridized carbons (Fsp3) is 0.318. The molecule has 25 heavy (non-hydrogen) atoms. The minimum atomic E-state index is 0.814. The lowest BCUT2D eigenvalue weighted by Gasteiger charge is -2.20. The number of nitrogens with zero attached hydrogens (tertiary/aromatic N) is 2. The predicted molar refractivity (Wildman–Crippen MR) is 103 cm³/mol. The van der Waals surface area contributed by atoms with Crippen molar-refractivity contribution >= 4 is 5.69 Å². The van der Waals surface area contributed by atoms with Gasteiger partial charge >= 0.3 is 0 Å². The molecule has 0 bridgehead atoms. The van der Waals surface area contributed by atoms with Crippen molar-refractivity contribution in [2.75, 3.05) is 5.32 Å². The first-order valence-electron chi connectivity index (χ1n) is 9.17. The predicted octanol–water partition coefficient (Wildman–Crippen LogP) is 4.98. The third kappa shape index (κ3) is 3.32. The molecule has 1 aliphatic carbocycles. The van der Waals surface area contributed by atoms with Crippen LogP contribution in [0.5, 0.6) is 0 Å². The molecule has 128 valence electrons. The summed E-state index contributed by atoms with van der Waals surface area (Å²) in [5.41, 5.74) is 9.02. The smallest absolute Gasteiger partial charge is 0.0647 e. The third-order valence-electron chi connectivity index (χ3n) is 5.16. The van der Waals surface area contributed by atoms with Crippen molar-refractivity contribution in [3.63, 3.8) is 0 Å². The van der Waals surface area contributed by atoms with Crippen LogP contribution in [0.15, 0.2) is 48.7 Å². The van der Waals surface area contributed by atoms with Crippen molar-refractivity contribution in [2.45, 2.75) is 46.1 Å². The summed E-state index contributed by atoms with van der Waals surface area (Å²) in [7, 11) is 0. The summed E-state index contributed by atoms with van der Waals surface area (Å²) in [5.74, 6) is 0. The highest BCUT2D eigenvalue weighted by atomic mass is 15.3. The van der Waals surface area contributed by atoms with Gasteiger partial charge in [-0.05, 0) is 68.9 Å². The number of aryl methyl sites for hydroxylation is 3. The number of anilines is 1. The van der Waals surface area contributed by atoms with Gasteiger partial charge in [0.25, 0.3) is 0 Å². The van der Waals surface area contributed by atoms with E-state index in [4.69, 9.17) is 0 Å². The molecule has 1 aliphatic rings. The second-order valence-electron chi connectivity index (χ2n) is 7.02. The molecule has 2 aromatic carbocycles. The molecule has 1 aromatic heterocycles. The minimum Gasteiger partial charge on any atom is -0.381 e. The Bertz CT molecular complexity index is 875. The standard InChI is InChI=1S/C22H25N3/c1-16-10-12-20(13-11-16)25-15-19(17(2)24-25)14-23-22-9-5-7-18-6-3-4-8-21(18)22/h5,7,9-13,15,23H,3-4,6,8,14H2,1-2H3. The van der Waals surface area contributed by atoms with Gasteiger partial charge in [0.2, 0.25) is 0 Å². The van der Waals surface area contributed by atoms with Crippen molar-refractivity contribution in [1.82, 2.24) is 9.78 Å². The Morgan fingerprint density at radius 3 is 2.64 bits per heavy atom. The SMILES string of the molecule is Cc1ccc(-n2cc(CNc3cccc4c3CCCC4)c(C)n2)cc1. The summed E-state index contributed by atoms with van der Waals surface area (Å²) in [5, 5.41) is 8.34. The Balaban J connectivity index is 1.53. The van der Waals surface area contributed by atoms with Crippen molar-refractivity contribution < 1.29 is 0 Å². The molecule has 4 rings (SSSR count). The quantitative estimate of drug-likeness (QED) is 0.730. The van der Waals surface area contributed by atoms with E-state index in [1.165, 1.54) is 53.6 Å². The van der Waals surface area contributed by atoms with Crippen LogP contribution in [0.2, 0.25) is 0 Å². The average molecular weight is 331 g/mol. The van der Waals surface area contributed by atoms with Gasteiger partial charge in [0.15, 0.2) is 0 Å². The number of hydrogen-bond acceptors (Lipinski definition) is 2. The molecular weight excluding hydrogens is 306 g/mol. The zero-order valence-electron chi connectivity index (χ0n) is 15.0. The van der Waals surface area contributed by atoms with Crippen LogP contribution in [0.1, 0.15) is 40.8 Å². The number of rotatable bonds is 4. The fourth-order valence-electron chi connectivity index (χ4n) is 3.64. The average Bonchev–Trinajstić information content (AvgIpc) is 3.01. The van der Waals surface area contributed by atoms with Crippen molar-refractivity contribution in [2.24, 2.45) is 0 Å². The van der Waals surface area contributed by atoms with E-state index in [9.17, 15) is 0 Å². The highest BCUT2D eigenvalue weighted by Crippen LogP contribution is 2.28. The highest BCUT2D eigenvalue weighted by molar-refractivity contribution is 5.56. The molecule has 3 aromatic rings. The number of hydrogen-bond donors (Lipinski definition) is 1. The summed E-state index contributed by atoms with van der Waals surface area (Å²) >= 11 is 0. The normalized spacial score (nSPS) is 13.5. The molecule has 0 saturated heterocycles. The third-order valence-corrected chi connectivity index (χ3v) is 5.16. The molecule has 0 aliphatic heterocycles. The maximum Gasteiger partial charge on any atom is 0.0647 e. The van der Waals surface area contributed by atoms with Gasteiger partial charge < -0.3 is 5.32 Å². The van der Waals surface area contributed by atoms with E-state index in [-0.39, 0.29) is 0 Å². The second-order valence-corrected chi connectivity index (χ2v) is 7.02. The van der Waals surface area contributed by atoms with Crippen LogP contribution in [-0.2, 0) is 19.4 Å². The first-order valence-corrected chi connectivity index (χ1v) is 9.17. The number of fused-ring (bicyclic) bond motifs is 1. The number of aromatic nitrogens is 2. The Morgan fingerprint density at radius 2 is 1.80 bits per heavy atom. The first-order chi connectivity index (χ1) is 12.2. The molecule has 0 amide bonds. The van der Waals surface area contributed by atoms with Gasteiger partial charge in [-0.3, -0.25) is 0 Å². The second kappa shape index (κ2) is 6.75. The van der Waals surface area contributed by atoms with E-state index in [0.29, 0.717) is 0 Å². The highest BCUT2D eigenvalue weighted by Gasteiger charge is 2.13. The topological polar surface area (TPSA) is 29.9 Å². The molecule has 0 spiro atoms. The van der Waals surface area contributed by atoms with Crippen LogP contribution >= 0.6 is 0 Å². The van der Waals surface area contributed by atoms with Crippen LogP contribution in [0.25, 0.3) is 5.69 Å². The summed E-state index contributed by atoms with van der Waals surface area (Å²) < 4.78 is 1.98. The summed E-state index contributed by atoms with van der Waals surface area (Å²) in [6, 6.07) is 15.2. The number of nitrogens with one attached hydrogen (secondary N) is 1. The molecule has 0 unspecified atom stereocenters. The van der Waals surface area contributed by atoms with E-state index in [2.05, 4.69) is 72.9 Å². The zero-order valence-corrected chi connectivity index (χ0v) is 15.0. The maximum atomic E-state index is 4.69. The van der Waals surface area contributed by atoms with Gasteiger partial charge in [0, 0.05) is 24.0 Å². The monoisotopic (exact) mass is 331 g/mol. The van der Waals surface area contributed by atoms with E-state index in [1.54, 1.807) is 0 Å². The molecule has 0 fully saturated rings. The number of benzene rings is 2. The zero-order chi connectivity index (χ0) is 17.2. The van der Waals surface area contributed by atoms with Gasteiger partial charge in [-0.2, -0.15) is 5.10 Å². The van der Waals surface area contributed by atoms with E-state index in [0.717, 1.165) is 17.9 Å². The first kappa shape index (κ1) is 15.9. The maximum absolute atomic E-state index is 4.69. The van der Waals surface area contributed by atoms with E-state index in [1.807, 2.05) is 4.68 Å².